The average molecular weight is 218 g/mol. The predicted molar refractivity (Wildman–Crippen MR) is 42.6 cm³/mol. The van der Waals surface area contributed by atoms with Gasteiger partial charge in [0, 0.05) is 0 Å². The molecule has 1 heterocycles. The van der Waals surface area contributed by atoms with Gasteiger partial charge in [0.05, 0.1) is 0 Å². The maximum atomic E-state index is 9.92. The molecule has 0 atom stereocenters. The standard InChI is InChI=1S/C5H4BrN3O2/c6-4-2-1-3-5(7-4)8-9(10)11/h1-3H,(H,7,8). The summed E-state index contributed by atoms with van der Waals surface area (Å²) in [5.74, 6) is 0.212. The van der Waals surface area contributed by atoms with E-state index >= 15 is 0 Å². The first-order valence-electron chi connectivity index (χ1n) is 2.72. The first-order chi connectivity index (χ1) is 5.18. The zero-order chi connectivity index (χ0) is 8.27. The molecule has 0 spiro atoms. The Morgan fingerprint density at radius 1 is 1.64 bits per heavy atom. The van der Waals surface area contributed by atoms with E-state index in [0.29, 0.717) is 4.60 Å². The van der Waals surface area contributed by atoms with Gasteiger partial charge in [-0.2, -0.15) is 0 Å². The summed E-state index contributed by atoms with van der Waals surface area (Å²) >= 11 is 3.08. The van der Waals surface area contributed by atoms with E-state index < -0.39 is 5.03 Å². The Balaban J connectivity index is 2.79. The van der Waals surface area contributed by atoms with Crippen molar-refractivity contribution >= 4 is 21.7 Å². The minimum atomic E-state index is -0.658. The van der Waals surface area contributed by atoms with Crippen LogP contribution < -0.4 is 5.43 Å². The van der Waals surface area contributed by atoms with Crippen molar-refractivity contribution in [3.63, 3.8) is 0 Å². The number of halogens is 1. The molecule has 0 fully saturated rings. The molecule has 0 unspecified atom stereocenters. The number of pyridine rings is 1. The Bertz CT molecular complexity index is 278. The topological polar surface area (TPSA) is 68.1 Å². The third kappa shape index (κ3) is 2.50. The highest BCUT2D eigenvalue weighted by Gasteiger charge is 1.98. The minimum absolute atomic E-state index is 0.212. The summed E-state index contributed by atoms with van der Waals surface area (Å²) in [4.78, 5) is 13.7. The average Bonchev–Trinajstić information content (AvgIpc) is 1.85. The lowest BCUT2D eigenvalue weighted by molar-refractivity contribution is -0.445. The molecule has 0 bridgehead atoms. The smallest absolute Gasteiger partial charge is 0.191 e. The second-order valence-corrected chi connectivity index (χ2v) is 2.53. The first-order valence-corrected chi connectivity index (χ1v) is 3.51. The summed E-state index contributed by atoms with van der Waals surface area (Å²) in [6.07, 6.45) is 0. The molecule has 58 valence electrons. The van der Waals surface area contributed by atoms with E-state index in [2.05, 4.69) is 20.9 Å². The van der Waals surface area contributed by atoms with E-state index in [9.17, 15) is 10.1 Å². The van der Waals surface area contributed by atoms with E-state index in [1.165, 1.54) is 6.07 Å². The van der Waals surface area contributed by atoms with Gasteiger partial charge in [0.15, 0.2) is 10.9 Å². The second kappa shape index (κ2) is 3.29. The van der Waals surface area contributed by atoms with Crippen molar-refractivity contribution in [1.29, 1.82) is 0 Å². The van der Waals surface area contributed by atoms with Gasteiger partial charge in [-0.05, 0) is 28.1 Å². The Morgan fingerprint density at radius 2 is 2.36 bits per heavy atom. The summed E-state index contributed by atoms with van der Waals surface area (Å²) in [5.41, 5.74) is 1.93. The van der Waals surface area contributed by atoms with Crippen LogP contribution in [0.1, 0.15) is 0 Å². The molecule has 0 amide bonds. The first kappa shape index (κ1) is 7.93. The van der Waals surface area contributed by atoms with Crippen LogP contribution in [0.25, 0.3) is 0 Å². The molecule has 1 aromatic heterocycles. The highest BCUT2D eigenvalue weighted by Crippen LogP contribution is 2.09. The molecule has 1 N–H and O–H groups in total. The Labute approximate surface area is 70.7 Å². The maximum Gasteiger partial charge on any atom is 0.191 e. The van der Waals surface area contributed by atoms with E-state index in [4.69, 9.17) is 0 Å². The molecule has 0 radical (unpaired) electrons. The van der Waals surface area contributed by atoms with Crippen LogP contribution in [0, 0.1) is 10.1 Å². The van der Waals surface area contributed by atoms with Crippen molar-refractivity contribution in [1.82, 2.24) is 4.98 Å². The lowest BCUT2D eigenvalue weighted by Crippen LogP contribution is -2.08. The summed E-state index contributed by atoms with van der Waals surface area (Å²) in [7, 11) is 0. The SMILES string of the molecule is O=[N+]([O-])Nc1cccc(Br)n1. The summed E-state index contributed by atoms with van der Waals surface area (Å²) in [6, 6.07) is 4.85. The molecule has 0 saturated carbocycles. The molecule has 1 aromatic rings. The predicted octanol–water partition coefficient (Wildman–Crippen LogP) is 1.45. The molecular weight excluding hydrogens is 214 g/mol. The van der Waals surface area contributed by atoms with Gasteiger partial charge in [0.2, 0.25) is 0 Å². The number of nitro groups is 1. The monoisotopic (exact) mass is 217 g/mol. The number of aromatic nitrogens is 1. The molecule has 1 rings (SSSR count). The molecule has 0 aliphatic rings. The van der Waals surface area contributed by atoms with Crippen LogP contribution in [0.4, 0.5) is 5.82 Å². The molecule has 11 heavy (non-hydrogen) atoms. The van der Waals surface area contributed by atoms with Crippen LogP contribution in [-0.4, -0.2) is 10.0 Å². The van der Waals surface area contributed by atoms with Gasteiger partial charge >= 0.3 is 0 Å². The van der Waals surface area contributed by atoms with Crippen LogP contribution in [0.5, 0.6) is 0 Å². The van der Waals surface area contributed by atoms with Crippen LogP contribution in [0.15, 0.2) is 22.8 Å². The highest BCUT2D eigenvalue weighted by molar-refractivity contribution is 9.10. The summed E-state index contributed by atoms with van der Waals surface area (Å²) < 4.78 is 0.560. The van der Waals surface area contributed by atoms with Crippen LogP contribution in [-0.2, 0) is 0 Å². The molecule has 0 saturated heterocycles. The number of nitrogens with one attached hydrogen (secondary N) is 1. The third-order valence-electron chi connectivity index (χ3n) is 0.921. The number of anilines is 1. The van der Waals surface area contributed by atoms with Gasteiger partial charge in [-0.1, -0.05) is 11.5 Å². The van der Waals surface area contributed by atoms with Gasteiger partial charge < -0.3 is 0 Å². The zero-order valence-corrected chi connectivity index (χ0v) is 6.91. The van der Waals surface area contributed by atoms with Crippen molar-refractivity contribution < 1.29 is 5.03 Å². The number of hydrazine groups is 1. The second-order valence-electron chi connectivity index (χ2n) is 1.71. The Hall–Kier alpha value is -1.17. The van der Waals surface area contributed by atoms with Gasteiger partial charge in [-0.15, -0.1) is 0 Å². The molecule has 0 aliphatic heterocycles. The fourth-order valence-corrected chi connectivity index (χ4v) is 0.908. The summed E-state index contributed by atoms with van der Waals surface area (Å²) in [6.45, 7) is 0. The normalized spacial score (nSPS) is 9.18. The van der Waals surface area contributed by atoms with E-state index in [0.717, 1.165) is 0 Å². The fraction of sp³-hybridized carbons (Fsp3) is 0. The van der Waals surface area contributed by atoms with E-state index in [1.807, 2.05) is 5.43 Å². The summed E-state index contributed by atoms with van der Waals surface area (Å²) in [5, 5.41) is 9.26. The molecule has 5 nitrogen and oxygen atoms in total. The van der Waals surface area contributed by atoms with Crippen molar-refractivity contribution in [3.8, 4) is 0 Å². The van der Waals surface area contributed by atoms with Gasteiger partial charge in [-0.25, -0.2) is 15.1 Å². The molecular formula is C5H4BrN3O2. The van der Waals surface area contributed by atoms with Crippen molar-refractivity contribution in [2.24, 2.45) is 0 Å². The number of rotatable bonds is 2. The maximum absolute atomic E-state index is 9.92. The number of hydrogen-bond acceptors (Lipinski definition) is 3. The third-order valence-corrected chi connectivity index (χ3v) is 1.36. The van der Waals surface area contributed by atoms with E-state index in [-0.39, 0.29) is 5.82 Å². The van der Waals surface area contributed by atoms with E-state index in [1.54, 1.807) is 12.1 Å². The van der Waals surface area contributed by atoms with Crippen LogP contribution >= 0.6 is 15.9 Å². The van der Waals surface area contributed by atoms with Crippen LogP contribution in [0.2, 0.25) is 0 Å². The highest BCUT2D eigenvalue weighted by atomic mass is 79.9. The number of nitrogens with zero attached hydrogens (tertiary/aromatic N) is 2. The lowest BCUT2D eigenvalue weighted by atomic mass is 10.5. The number of hydrogen-bond donors (Lipinski definition) is 1. The van der Waals surface area contributed by atoms with Gasteiger partial charge in [0.25, 0.3) is 0 Å². The quantitative estimate of drug-likeness (QED) is 0.463. The molecule has 6 heteroatoms. The minimum Gasteiger partial charge on any atom is -0.234 e. The Morgan fingerprint density at radius 3 is 2.91 bits per heavy atom. The van der Waals surface area contributed by atoms with Gasteiger partial charge in [-0.3, -0.25) is 0 Å². The van der Waals surface area contributed by atoms with Crippen molar-refractivity contribution in [3.05, 3.63) is 32.9 Å². The van der Waals surface area contributed by atoms with Gasteiger partial charge in [0.1, 0.15) is 4.60 Å². The Kier molecular flexibility index (Phi) is 2.37. The largest absolute Gasteiger partial charge is 0.234 e. The fourth-order valence-electron chi connectivity index (χ4n) is 0.564. The lowest BCUT2D eigenvalue weighted by Gasteiger charge is -1.94. The van der Waals surface area contributed by atoms with Crippen LogP contribution in [0.3, 0.4) is 0 Å². The van der Waals surface area contributed by atoms with Crippen molar-refractivity contribution in [2.45, 2.75) is 0 Å². The molecule has 0 aliphatic carbocycles. The van der Waals surface area contributed by atoms with Crippen molar-refractivity contribution in [2.75, 3.05) is 5.43 Å². The zero-order valence-electron chi connectivity index (χ0n) is 5.32. The molecule has 0 aromatic carbocycles.